The Balaban J connectivity index is 1.67. The quantitative estimate of drug-likeness (QED) is 0.604. The van der Waals surface area contributed by atoms with Crippen molar-refractivity contribution in [1.29, 1.82) is 0 Å². The maximum absolute atomic E-state index is 13.5. The van der Waals surface area contributed by atoms with E-state index in [1.165, 1.54) is 17.8 Å². The fourth-order valence-corrected chi connectivity index (χ4v) is 4.72. The van der Waals surface area contributed by atoms with E-state index in [2.05, 4.69) is 10.3 Å². The Morgan fingerprint density at radius 2 is 2.00 bits per heavy atom. The van der Waals surface area contributed by atoms with Crippen LogP contribution in [0.25, 0.3) is 0 Å². The minimum absolute atomic E-state index is 0.153. The maximum atomic E-state index is 13.5. The van der Waals surface area contributed by atoms with Crippen molar-refractivity contribution in [2.24, 2.45) is 0 Å². The van der Waals surface area contributed by atoms with Gasteiger partial charge >= 0.3 is 0 Å². The molecule has 2 amide bonds. The third-order valence-electron chi connectivity index (χ3n) is 5.38. The molecule has 7 heteroatoms. The van der Waals surface area contributed by atoms with E-state index in [1.54, 1.807) is 41.6 Å². The number of nitrogens with zero attached hydrogens (tertiary/aromatic N) is 2. The number of pyridine rings is 1. The van der Waals surface area contributed by atoms with Crippen LogP contribution >= 0.6 is 11.3 Å². The highest BCUT2D eigenvalue weighted by Crippen LogP contribution is 2.29. The van der Waals surface area contributed by atoms with Crippen LogP contribution in [0.5, 0.6) is 0 Å². The number of hydrogen-bond donors (Lipinski definition) is 1. The number of furan rings is 1. The van der Waals surface area contributed by atoms with E-state index in [4.69, 9.17) is 4.42 Å². The van der Waals surface area contributed by atoms with Gasteiger partial charge in [0.15, 0.2) is 0 Å². The van der Waals surface area contributed by atoms with Crippen LogP contribution in [0.2, 0.25) is 0 Å². The fourth-order valence-electron chi connectivity index (χ4n) is 3.89. The van der Waals surface area contributed by atoms with E-state index in [-0.39, 0.29) is 24.4 Å². The first kappa shape index (κ1) is 20.3. The van der Waals surface area contributed by atoms with Crippen LogP contribution in [0.4, 0.5) is 0 Å². The highest BCUT2D eigenvalue weighted by atomic mass is 32.1. The van der Waals surface area contributed by atoms with Gasteiger partial charge in [0.1, 0.15) is 17.5 Å². The first-order valence-electron chi connectivity index (χ1n) is 10.3. The molecule has 4 rings (SSSR count). The predicted molar refractivity (Wildman–Crippen MR) is 115 cm³/mol. The molecule has 0 bridgehead atoms. The van der Waals surface area contributed by atoms with Gasteiger partial charge in [-0.2, -0.15) is 0 Å². The summed E-state index contributed by atoms with van der Waals surface area (Å²) < 4.78 is 5.50. The van der Waals surface area contributed by atoms with Gasteiger partial charge in [0.25, 0.3) is 5.91 Å². The smallest absolute Gasteiger partial charge is 0.273 e. The third kappa shape index (κ3) is 4.79. The first-order valence-corrected chi connectivity index (χ1v) is 11.2. The molecule has 0 aromatic carbocycles. The molecule has 3 aromatic rings. The molecule has 1 N–H and O–H groups in total. The molecule has 3 aromatic heterocycles. The first-order chi connectivity index (χ1) is 14.7. The van der Waals surface area contributed by atoms with E-state index in [9.17, 15) is 9.59 Å². The highest BCUT2D eigenvalue weighted by Gasteiger charge is 2.35. The second kappa shape index (κ2) is 9.71. The molecule has 3 heterocycles. The van der Waals surface area contributed by atoms with E-state index in [0.29, 0.717) is 11.5 Å². The Labute approximate surface area is 179 Å². The summed E-state index contributed by atoms with van der Waals surface area (Å²) >= 11 is 1.47. The second-order valence-corrected chi connectivity index (χ2v) is 8.47. The van der Waals surface area contributed by atoms with Gasteiger partial charge in [-0.25, -0.2) is 0 Å². The van der Waals surface area contributed by atoms with Gasteiger partial charge in [-0.15, -0.1) is 11.3 Å². The van der Waals surface area contributed by atoms with Crippen molar-refractivity contribution in [2.75, 3.05) is 0 Å². The standard InChI is InChI=1S/C23H25N3O3S/c27-22(25-17-8-2-1-3-9-17)21(20-12-7-15-30-20)26(16-18-10-6-14-29-18)23(28)19-11-4-5-13-24-19/h4-7,10-15,17,21H,1-3,8-9,16H2,(H,25,27)/t21-/m0/s1. The van der Waals surface area contributed by atoms with Crippen molar-refractivity contribution >= 4 is 23.2 Å². The van der Waals surface area contributed by atoms with Crippen molar-refractivity contribution in [3.8, 4) is 0 Å². The summed E-state index contributed by atoms with van der Waals surface area (Å²) in [4.78, 5) is 33.5. The Morgan fingerprint density at radius 3 is 2.67 bits per heavy atom. The van der Waals surface area contributed by atoms with Crippen LogP contribution in [-0.4, -0.2) is 27.7 Å². The Morgan fingerprint density at radius 1 is 1.13 bits per heavy atom. The number of rotatable bonds is 7. The predicted octanol–water partition coefficient (Wildman–Crippen LogP) is 4.57. The van der Waals surface area contributed by atoms with E-state index < -0.39 is 6.04 Å². The molecule has 0 spiro atoms. The molecular formula is C23H25N3O3S. The molecule has 6 nitrogen and oxygen atoms in total. The average molecular weight is 424 g/mol. The summed E-state index contributed by atoms with van der Waals surface area (Å²) in [6.07, 6.45) is 8.57. The van der Waals surface area contributed by atoms with Crippen molar-refractivity contribution in [1.82, 2.24) is 15.2 Å². The van der Waals surface area contributed by atoms with E-state index in [1.807, 2.05) is 23.6 Å². The number of thiophene rings is 1. The normalized spacial score (nSPS) is 15.5. The number of carbonyl (C=O) groups is 2. The van der Waals surface area contributed by atoms with Gasteiger partial charge in [-0.05, 0) is 48.6 Å². The van der Waals surface area contributed by atoms with E-state index in [0.717, 1.165) is 30.6 Å². The van der Waals surface area contributed by atoms with Crippen LogP contribution in [0.1, 0.15) is 59.3 Å². The van der Waals surface area contributed by atoms with Gasteiger partial charge in [-0.1, -0.05) is 31.4 Å². The van der Waals surface area contributed by atoms with Crippen LogP contribution in [0.3, 0.4) is 0 Å². The highest BCUT2D eigenvalue weighted by molar-refractivity contribution is 7.10. The lowest BCUT2D eigenvalue weighted by molar-refractivity contribution is -0.127. The summed E-state index contributed by atoms with van der Waals surface area (Å²) in [5.41, 5.74) is 0.302. The molecule has 1 aliphatic rings. The Kier molecular flexibility index (Phi) is 6.59. The van der Waals surface area contributed by atoms with Crippen LogP contribution in [0, 0.1) is 0 Å². The molecule has 0 radical (unpaired) electrons. The van der Waals surface area contributed by atoms with Crippen LogP contribution in [-0.2, 0) is 11.3 Å². The van der Waals surface area contributed by atoms with Gasteiger partial charge in [0, 0.05) is 17.1 Å². The summed E-state index contributed by atoms with van der Waals surface area (Å²) in [7, 11) is 0. The maximum Gasteiger partial charge on any atom is 0.273 e. The van der Waals surface area contributed by atoms with Crippen molar-refractivity contribution in [3.05, 3.63) is 76.6 Å². The molecule has 1 fully saturated rings. The Bertz CT molecular complexity index is 936. The molecule has 1 atom stereocenters. The molecule has 0 saturated heterocycles. The molecule has 0 aliphatic heterocycles. The van der Waals surface area contributed by atoms with Crippen molar-refractivity contribution in [2.45, 2.75) is 50.7 Å². The summed E-state index contributed by atoms with van der Waals surface area (Å²) in [5, 5.41) is 5.12. The molecule has 30 heavy (non-hydrogen) atoms. The SMILES string of the molecule is O=C(NC1CCCCC1)[C@H](c1cccs1)N(Cc1ccco1)C(=O)c1ccccn1. The zero-order valence-corrected chi connectivity index (χ0v) is 17.5. The second-order valence-electron chi connectivity index (χ2n) is 7.49. The average Bonchev–Trinajstić information content (AvgIpc) is 3.49. The number of amides is 2. The molecule has 1 aliphatic carbocycles. The molecule has 1 saturated carbocycles. The minimum Gasteiger partial charge on any atom is -0.467 e. The van der Waals surface area contributed by atoms with Crippen LogP contribution in [0.15, 0.2) is 64.7 Å². The molecule has 156 valence electrons. The van der Waals surface area contributed by atoms with Gasteiger partial charge < -0.3 is 14.6 Å². The number of carbonyl (C=O) groups excluding carboxylic acids is 2. The van der Waals surface area contributed by atoms with Gasteiger partial charge in [0.05, 0.1) is 12.8 Å². The number of nitrogens with one attached hydrogen (secondary N) is 1. The van der Waals surface area contributed by atoms with Crippen LogP contribution < -0.4 is 5.32 Å². The summed E-state index contributed by atoms with van der Waals surface area (Å²) in [5.74, 6) is 0.163. The summed E-state index contributed by atoms with van der Waals surface area (Å²) in [6, 6.07) is 12.0. The summed E-state index contributed by atoms with van der Waals surface area (Å²) in [6.45, 7) is 0.184. The third-order valence-corrected chi connectivity index (χ3v) is 6.30. The minimum atomic E-state index is -0.744. The Hall–Kier alpha value is -2.93. The lowest BCUT2D eigenvalue weighted by atomic mass is 9.95. The largest absolute Gasteiger partial charge is 0.467 e. The molecule has 0 unspecified atom stereocenters. The zero-order chi connectivity index (χ0) is 20.8. The topological polar surface area (TPSA) is 75.4 Å². The number of hydrogen-bond acceptors (Lipinski definition) is 5. The van der Waals surface area contributed by atoms with Crippen molar-refractivity contribution in [3.63, 3.8) is 0 Å². The lowest BCUT2D eigenvalue weighted by Gasteiger charge is -2.32. The number of aromatic nitrogens is 1. The zero-order valence-electron chi connectivity index (χ0n) is 16.7. The van der Waals surface area contributed by atoms with Gasteiger partial charge in [0.2, 0.25) is 5.91 Å². The van der Waals surface area contributed by atoms with E-state index >= 15 is 0 Å². The fraction of sp³-hybridized carbons (Fsp3) is 0.348. The van der Waals surface area contributed by atoms with Gasteiger partial charge in [-0.3, -0.25) is 14.6 Å². The monoisotopic (exact) mass is 423 g/mol. The molecular weight excluding hydrogens is 398 g/mol. The lowest BCUT2D eigenvalue weighted by Crippen LogP contribution is -2.46. The van der Waals surface area contributed by atoms with Crippen molar-refractivity contribution < 1.29 is 14.0 Å².